The summed E-state index contributed by atoms with van der Waals surface area (Å²) < 4.78 is 0. The highest BCUT2D eigenvalue weighted by Crippen LogP contribution is 2.22. The van der Waals surface area contributed by atoms with Crippen molar-refractivity contribution < 1.29 is 9.59 Å². The van der Waals surface area contributed by atoms with Gasteiger partial charge < -0.3 is 10.6 Å². The third kappa shape index (κ3) is 3.32. The topological polar surface area (TPSA) is 58.2 Å². The van der Waals surface area contributed by atoms with E-state index in [-0.39, 0.29) is 17.7 Å². The van der Waals surface area contributed by atoms with E-state index in [0.29, 0.717) is 25.4 Å². The van der Waals surface area contributed by atoms with E-state index in [9.17, 15) is 9.59 Å². The van der Waals surface area contributed by atoms with Gasteiger partial charge in [0.15, 0.2) is 0 Å². The second-order valence-corrected chi connectivity index (χ2v) is 5.07. The Morgan fingerprint density at radius 2 is 1.94 bits per heavy atom. The Balaban J connectivity index is 1.77. The minimum absolute atomic E-state index is 0.0437. The second kappa shape index (κ2) is 5.34. The van der Waals surface area contributed by atoms with Crippen molar-refractivity contribution in [2.45, 2.75) is 44.6 Å². The predicted octanol–water partition coefficient (Wildman–Crippen LogP) is 1.13. The normalized spacial score (nSPS) is 26.5. The molecule has 1 aliphatic heterocycles. The van der Waals surface area contributed by atoms with E-state index >= 15 is 0 Å². The van der Waals surface area contributed by atoms with E-state index in [4.69, 9.17) is 0 Å². The van der Waals surface area contributed by atoms with Crippen molar-refractivity contribution in [3.8, 4) is 0 Å². The average Bonchev–Trinajstić information content (AvgIpc) is 2.33. The molecule has 2 amide bonds. The lowest BCUT2D eigenvalue weighted by molar-refractivity contribution is -0.129. The first-order valence-corrected chi connectivity index (χ1v) is 6.39. The monoisotopic (exact) mass is 236 g/mol. The Hall–Kier alpha value is -1.32. The van der Waals surface area contributed by atoms with E-state index in [1.54, 1.807) is 0 Å². The number of nitrogens with one attached hydrogen (secondary N) is 2. The number of hydrogen-bond acceptors (Lipinski definition) is 2. The van der Waals surface area contributed by atoms with Crippen molar-refractivity contribution in [3.63, 3.8) is 0 Å². The smallest absolute Gasteiger partial charge is 0.225 e. The van der Waals surface area contributed by atoms with Gasteiger partial charge in [0.25, 0.3) is 0 Å². The molecule has 94 valence electrons. The van der Waals surface area contributed by atoms with Crippen molar-refractivity contribution in [2.75, 3.05) is 6.54 Å². The third-order valence-corrected chi connectivity index (χ3v) is 3.68. The van der Waals surface area contributed by atoms with Crippen LogP contribution in [0.25, 0.3) is 0 Å². The van der Waals surface area contributed by atoms with Crippen LogP contribution in [0.3, 0.4) is 0 Å². The molecule has 1 atom stereocenters. The first kappa shape index (κ1) is 12.1. The maximum Gasteiger partial charge on any atom is 0.225 e. The van der Waals surface area contributed by atoms with Crippen molar-refractivity contribution in [1.82, 2.24) is 10.6 Å². The summed E-state index contributed by atoms with van der Waals surface area (Å²) in [5.74, 6) is 0.114. The first-order chi connectivity index (χ1) is 8.15. The van der Waals surface area contributed by atoms with Crippen molar-refractivity contribution >= 4 is 11.8 Å². The fraction of sp³-hybridized carbons (Fsp3) is 0.692. The van der Waals surface area contributed by atoms with Gasteiger partial charge in [0.1, 0.15) is 0 Å². The molecule has 0 aromatic carbocycles. The summed E-state index contributed by atoms with van der Waals surface area (Å²) in [4.78, 5) is 23.0. The highest BCUT2D eigenvalue weighted by atomic mass is 16.2. The quantitative estimate of drug-likeness (QED) is 0.706. The molecule has 1 unspecified atom stereocenters. The zero-order chi connectivity index (χ0) is 12.3. The van der Waals surface area contributed by atoms with Gasteiger partial charge in [-0.25, -0.2) is 0 Å². The van der Waals surface area contributed by atoms with Crippen molar-refractivity contribution in [3.05, 3.63) is 12.2 Å². The lowest BCUT2D eigenvalue weighted by Crippen LogP contribution is -2.46. The predicted molar refractivity (Wildman–Crippen MR) is 65.3 cm³/mol. The fourth-order valence-electron chi connectivity index (χ4n) is 2.45. The van der Waals surface area contributed by atoms with Gasteiger partial charge in [-0.05, 0) is 32.1 Å². The Morgan fingerprint density at radius 3 is 2.53 bits per heavy atom. The number of hydrogen-bond donors (Lipinski definition) is 2. The zero-order valence-corrected chi connectivity index (χ0v) is 10.1. The molecule has 4 heteroatoms. The molecule has 2 N–H and O–H groups in total. The fourth-order valence-corrected chi connectivity index (χ4v) is 2.45. The van der Waals surface area contributed by atoms with Crippen LogP contribution in [0.15, 0.2) is 12.2 Å². The summed E-state index contributed by atoms with van der Waals surface area (Å²) in [6, 6.07) is 0.297. The van der Waals surface area contributed by atoms with Crippen LogP contribution in [0, 0.1) is 5.92 Å². The third-order valence-electron chi connectivity index (χ3n) is 3.68. The van der Waals surface area contributed by atoms with E-state index in [1.807, 2.05) is 0 Å². The van der Waals surface area contributed by atoms with Gasteiger partial charge in [-0.3, -0.25) is 9.59 Å². The van der Waals surface area contributed by atoms with Crippen LogP contribution in [0.5, 0.6) is 0 Å². The highest BCUT2D eigenvalue weighted by molar-refractivity contribution is 5.83. The molecule has 0 spiro atoms. The van der Waals surface area contributed by atoms with Gasteiger partial charge >= 0.3 is 0 Å². The van der Waals surface area contributed by atoms with Crippen LogP contribution >= 0.6 is 0 Å². The Bertz CT molecular complexity index is 318. The Labute approximate surface area is 102 Å². The maximum absolute atomic E-state index is 12.0. The molecule has 2 aliphatic rings. The second-order valence-electron chi connectivity index (χ2n) is 5.07. The largest absolute Gasteiger partial charge is 0.355 e. The molecule has 2 fully saturated rings. The molecule has 0 bridgehead atoms. The molecule has 1 saturated carbocycles. The minimum Gasteiger partial charge on any atom is -0.355 e. The van der Waals surface area contributed by atoms with Gasteiger partial charge in [-0.2, -0.15) is 0 Å². The minimum atomic E-state index is -0.0437. The zero-order valence-electron chi connectivity index (χ0n) is 10.1. The van der Waals surface area contributed by atoms with E-state index in [1.165, 1.54) is 5.57 Å². The van der Waals surface area contributed by atoms with Crippen LogP contribution in [0.4, 0.5) is 0 Å². The summed E-state index contributed by atoms with van der Waals surface area (Å²) in [6.07, 6.45) is 5.20. The highest BCUT2D eigenvalue weighted by Gasteiger charge is 2.26. The molecular weight excluding hydrogens is 216 g/mol. The molecule has 1 aliphatic carbocycles. The molecule has 1 saturated heterocycles. The number of carbonyl (C=O) groups is 2. The van der Waals surface area contributed by atoms with Gasteiger partial charge in [0.2, 0.25) is 11.8 Å². The SMILES string of the molecule is C=C1CCC(NC(=O)C2CCC(=O)NC2)CC1. The molecule has 2 rings (SSSR count). The molecule has 0 radical (unpaired) electrons. The first-order valence-electron chi connectivity index (χ1n) is 6.39. The average molecular weight is 236 g/mol. The lowest BCUT2D eigenvalue weighted by atomic mass is 9.91. The van der Waals surface area contributed by atoms with E-state index in [0.717, 1.165) is 25.7 Å². The van der Waals surface area contributed by atoms with Crippen LogP contribution in [0.2, 0.25) is 0 Å². The van der Waals surface area contributed by atoms with Crippen LogP contribution in [-0.2, 0) is 9.59 Å². The van der Waals surface area contributed by atoms with Gasteiger partial charge in [-0.15, -0.1) is 0 Å². The van der Waals surface area contributed by atoms with Gasteiger partial charge in [0.05, 0.1) is 5.92 Å². The standard InChI is InChI=1S/C13H20N2O2/c1-9-2-5-11(6-3-9)15-13(17)10-4-7-12(16)14-8-10/h10-11H,1-8H2,(H,14,16)(H,15,17). The summed E-state index contributed by atoms with van der Waals surface area (Å²) in [5.41, 5.74) is 1.29. The van der Waals surface area contributed by atoms with Gasteiger partial charge in [-0.1, -0.05) is 12.2 Å². The van der Waals surface area contributed by atoms with Crippen molar-refractivity contribution in [2.24, 2.45) is 5.92 Å². The van der Waals surface area contributed by atoms with Crippen LogP contribution in [0.1, 0.15) is 38.5 Å². The lowest BCUT2D eigenvalue weighted by Gasteiger charge is -2.28. The number of amides is 2. The number of rotatable bonds is 2. The number of allylic oxidation sites excluding steroid dienone is 1. The van der Waals surface area contributed by atoms with Crippen LogP contribution in [-0.4, -0.2) is 24.4 Å². The number of carbonyl (C=O) groups excluding carboxylic acids is 2. The Kier molecular flexibility index (Phi) is 3.82. The maximum atomic E-state index is 12.0. The molecule has 0 aromatic heterocycles. The van der Waals surface area contributed by atoms with E-state index < -0.39 is 0 Å². The summed E-state index contributed by atoms with van der Waals surface area (Å²) in [5, 5.41) is 5.84. The number of piperidine rings is 1. The molecule has 0 aromatic rings. The van der Waals surface area contributed by atoms with Gasteiger partial charge in [0, 0.05) is 19.0 Å². The molecule has 1 heterocycles. The van der Waals surface area contributed by atoms with E-state index in [2.05, 4.69) is 17.2 Å². The summed E-state index contributed by atoms with van der Waals surface area (Å²) >= 11 is 0. The summed E-state index contributed by atoms with van der Waals surface area (Å²) in [6.45, 7) is 4.46. The molecular formula is C13H20N2O2. The molecule has 17 heavy (non-hydrogen) atoms. The van der Waals surface area contributed by atoms with Crippen LogP contribution < -0.4 is 10.6 Å². The van der Waals surface area contributed by atoms with Crippen molar-refractivity contribution in [1.29, 1.82) is 0 Å². The molecule has 4 nitrogen and oxygen atoms in total. The Morgan fingerprint density at radius 1 is 1.24 bits per heavy atom. The summed E-state index contributed by atoms with van der Waals surface area (Å²) in [7, 11) is 0.